The minimum Gasteiger partial charge on any atom is -0.469 e. The zero-order chi connectivity index (χ0) is 12.3. The SMILES string of the molecule is CCc1occc1C(=O)NC1CCNC(C)C1. The molecular formula is C13H20N2O2. The molecule has 4 nitrogen and oxygen atoms in total. The van der Waals surface area contributed by atoms with Gasteiger partial charge >= 0.3 is 0 Å². The summed E-state index contributed by atoms with van der Waals surface area (Å²) in [7, 11) is 0. The van der Waals surface area contributed by atoms with Gasteiger partial charge < -0.3 is 15.1 Å². The number of carbonyl (C=O) groups excluding carboxylic acids is 1. The zero-order valence-corrected chi connectivity index (χ0v) is 10.5. The van der Waals surface area contributed by atoms with Crippen LogP contribution in [0.25, 0.3) is 0 Å². The van der Waals surface area contributed by atoms with Crippen LogP contribution in [0, 0.1) is 0 Å². The van der Waals surface area contributed by atoms with Crippen LogP contribution < -0.4 is 10.6 Å². The minimum atomic E-state index is -0.00491. The van der Waals surface area contributed by atoms with Crippen molar-refractivity contribution in [3.05, 3.63) is 23.7 Å². The molecule has 0 aromatic carbocycles. The Bertz CT molecular complexity index is 387. The molecule has 2 N–H and O–H groups in total. The van der Waals surface area contributed by atoms with Crippen LogP contribution in [-0.4, -0.2) is 24.5 Å². The zero-order valence-electron chi connectivity index (χ0n) is 10.5. The molecule has 0 aliphatic carbocycles. The van der Waals surface area contributed by atoms with Gasteiger partial charge in [-0.1, -0.05) is 6.92 Å². The van der Waals surface area contributed by atoms with E-state index in [9.17, 15) is 4.79 Å². The average molecular weight is 236 g/mol. The molecule has 1 aromatic heterocycles. The van der Waals surface area contributed by atoms with Crippen LogP contribution in [0.2, 0.25) is 0 Å². The Morgan fingerprint density at radius 2 is 2.47 bits per heavy atom. The molecule has 1 aliphatic rings. The van der Waals surface area contributed by atoms with Gasteiger partial charge in [-0.2, -0.15) is 0 Å². The molecule has 1 fully saturated rings. The van der Waals surface area contributed by atoms with Crippen LogP contribution in [0.3, 0.4) is 0 Å². The van der Waals surface area contributed by atoms with Crippen molar-refractivity contribution in [2.24, 2.45) is 0 Å². The lowest BCUT2D eigenvalue weighted by molar-refractivity contribution is 0.0923. The number of amides is 1. The molecular weight excluding hydrogens is 216 g/mol. The van der Waals surface area contributed by atoms with E-state index in [1.807, 2.05) is 6.92 Å². The molecule has 2 heterocycles. The van der Waals surface area contributed by atoms with E-state index in [2.05, 4.69) is 17.6 Å². The van der Waals surface area contributed by atoms with Gasteiger partial charge in [-0.15, -0.1) is 0 Å². The molecule has 1 aliphatic heterocycles. The largest absolute Gasteiger partial charge is 0.469 e. The third-order valence-corrected chi connectivity index (χ3v) is 3.27. The number of furan rings is 1. The summed E-state index contributed by atoms with van der Waals surface area (Å²) in [6, 6.07) is 2.50. The predicted molar refractivity (Wildman–Crippen MR) is 66.0 cm³/mol. The molecule has 0 saturated carbocycles. The second-order valence-corrected chi connectivity index (χ2v) is 4.66. The number of aryl methyl sites for hydroxylation is 1. The van der Waals surface area contributed by atoms with Crippen LogP contribution in [0.4, 0.5) is 0 Å². The Kier molecular flexibility index (Phi) is 3.84. The van der Waals surface area contributed by atoms with Gasteiger partial charge in [0.1, 0.15) is 5.76 Å². The molecule has 4 heteroatoms. The maximum Gasteiger partial charge on any atom is 0.255 e. The van der Waals surface area contributed by atoms with Crippen LogP contribution in [0.5, 0.6) is 0 Å². The third-order valence-electron chi connectivity index (χ3n) is 3.27. The highest BCUT2D eigenvalue weighted by atomic mass is 16.3. The predicted octanol–water partition coefficient (Wildman–Crippen LogP) is 1.71. The van der Waals surface area contributed by atoms with Crippen LogP contribution >= 0.6 is 0 Å². The van der Waals surface area contributed by atoms with Crippen molar-refractivity contribution in [3.8, 4) is 0 Å². The normalized spacial score (nSPS) is 24.6. The van der Waals surface area contributed by atoms with Gasteiger partial charge in [0.2, 0.25) is 0 Å². The van der Waals surface area contributed by atoms with E-state index in [0.29, 0.717) is 11.6 Å². The molecule has 94 valence electrons. The average Bonchev–Trinajstić information content (AvgIpc) is 2.77. The van der Waals surface area contributed by atoms with Crippen molar-refractivity contribution in [1.29, 1.82) is 0 Å². The van der Waals surface area contributed by atoms with E-state index in [4.69, 9.17) is 4.42 Å². The Balaban J connectivity index is 1.97. The molecule has 0 radical (unpaired) electrons. The van der Waals surface area contributed by atoms with Gasteiger partial charge in [0.25, 0.3) is 5.91 Å². The number of piperidine rings is 1. The van der Waals surface area contributed by atoms with Gasteiger partial charge in [-0.05, 0) is 32.4 Å². The molecule has 2 rings (SSSR count). The first-order chi connectivity index (χ1) is 8.20. The number of hydrogen-bond donors (Lipinski definition) is 2. The van der Waals surface area contributed by atoms with Crippen molar-refractivity contribution < 1.29 is 9.21 Å². The molecule has 0 spiro atoms. The van der Waals surface area contributed by atoms with E-state index >= 15 is 0 Å². The van der Waals surface area contributed by atoms with Crippen molar-refractivity contribution in [2.75, 3.05) is 6.54 Å². The fourth-order valence-corrected chi connectivity index (χ4v) is 2.34. The molecule has 1 amide bonds. The monoisotopic (exact) mass is 236 g/mol. The highest BCUT2D eigenvalue weighted by molar-refractivity contribution is 5.95. The van der Waals surface area contributed by atoms with Crippen molar-refractivity contribution in [3.63, 3.8) is 0 Å². The first-order valence-electron chi connectivity index (χ1n) is 6.31. The van der Waals surface area contributed by atoms with E-state index in [1.165, 1.54) is 0 Å². The lowest BCUT2D eigenvalue weighted by atomic mass is 10.0. The Hall–Kier alpha value is -1.29. The topological polar surface area (TPSA) is 54.3 Å². The Morgan fingerprint density at radius 1 is 1.65 bits per heavy atom. The second-order valence-electron chi connectivity index (χ2n) is 4.66. The summed E-state index contributed by atoms with van der Waals surface area (Å²) in [5.41, 5.74) is 0.679. The first-order valence-corrected chi connectivity index (χ1v) is 6.31. The quantitative estimate of drug-likeness (QED) is 0.840. The maximum absolute atomic E-state index is 12.1. The molecule has 0 bridgehead atoms. The van der Waals surface area contributed by atoms with Gasteiger partial charge in [-0.25, -0.2) is 0 Å². The summed E-state index contributed by atoms with van der Waals surface area (Å²) >= 11 is 0. The lowest BCUT2D eigenvalue weighted by Gasteiger charge is -2.28. The lowest BCUT2D eigenvalue weighted by Crippen LogP contribution is -2.46. The fourth-order valence-electron chi connectivity index (χ4n) is 2.34. The molecule has 1 aromatic rings. The molecule has 1 saturated heterocycles. The highest BCUT2D eigenvalue weighted by Gasteiger charge is 2.22. The van der Waals surface area contributed by atoms with Gasteiger partial charge in [0, 0.05) is 18.5 Å². The summed E-state index contributed by atoms with van der Waals surface area (Å²) in [6.07, 6.45) is 4.32. The van der Waals surface area contributed by atoms with Gasteiger partial charge in [0.15, 0.2) is 0 Å². The van der Waals surface area contributed by atoms with Crippen LogP contribution in [0.15, 0.2) is 16.7 Å². The molecule has 17 heavy (non-hydrogen) atoms. The maximum atomic E-state index is 12.1. The summed E-state index contributed by atoms with van der Waals surface area (Å²) in [6.45, 7) is 5.11. The minimum absolute atomic E-state index is 0.00491. The first kappa shape index (κ1) is 12.2. The fraction of sp³-hybridized carbons (Fsp3) is 0.615. The number of rotatable bonds is 3. The van der Waals surface area contributed by atoms with E-state index < -0.39 is 0 Å². The van der Waals surface area contributed by atoms with E-state index in [1.54, 1.807) is 12.3 Å². The smallest absolute Gasteiger partial charge is 0.255 e. The van der Waals surface area contributed by atoms with Crippen LogP contribution in [0.1, 0.15) is 42.8 Å². The number of nitrogens with one attached hydrogen (secondary N) is 2. The summed E-state index contributed by atoms with van der Waals surface area (Å²) in [5.74, 6) is 0.763. The standard InChI is InChI=1S/C13H20N2O2/c1-3-12-11(5-7-17-12)13(16)15-10-4-6-14-9(2)8-10/h5,7,9-10,14H,3-4,6,8H2,1-2H3,(H,15,16). The second kappa shape index (κ2) is 5.36. The Morgan fingerprint density at radius 3 is 3.18 bits per heavy atom. The van der Waals surface area contributed by atoms with E-state index in [-0.39, 0.29) is 11.9 Å². The number of carbonyl (C=O) groups is 1. The molecule has 2 unspecified atom stereocenters. The third kappa shape index (κ3) is 2.88. The highest BCUT2D eigenvalue weighted by Crippen LogP contribution is 2.13. The summed E-state index contributed by atoms with van der Waals surface area (Å²) < 4.78 is 5.27. The van der Waals surface area contributed by atoms with E-state index in [0.717, 1.165) is 31.6 Å². The van der Waals surface area contributed by atoms with Crippen molar-refractivity contribution in [2.45, 2.75) is 45.2 Å². The Labute approximate surface area is 102 Å². The van der Waals surface area contributed by atoms with Crippen molar-refractivity contribution >= 4 is 5.91 Å². The summed E-state index contributed by atoms with van der Waals surface area (Å²) in [5, 5.41) is 6.46. The summed E-state index contributed by atoms with van der Waals surface area (Å²) in [4.78, 5) is 12.1. The van der Waals surface area contributed by atoms with Crippen LogP contribution in [-0.2, 0) is 6.42 Å². The number of hydrogen-bond acceptors (Lipinski definition) is 3. The van der Waals surface area contributed by atoms with Gasteiger partial charge in [-0.3, -0.25) is 4.79 Å². The van der Waals surface area contributed by atoms with Crippen molar-refractivity contribution in [1.82, 2.24) is 10.6 Å². The molecule has 2 atom stereocenters. The van der Waals surface area contributed by atoms with Gasteiger partial charge in [0.05, 0.1) is 11.8 Å².